The Hall–Kier alpha value is -2.73. The number of ether oxygens (including phenoxy) is 2. The lowest BCUT2D eigenvalue weighted by Gasteiger charge is -2.23. The van der Waals surface area contributed by atoms with E-state index < -0.39 is 0 Å². The van der Waals surface area contributed by atoms with Gasteiger partial charge >= 0.3 is 5.97 Å². The van der Waals surface area contributed by atoms with Crippen molar-refractivity contribution < 1.29 is 14.3 Å². The molecule has 2 aromatic heterocycles. The van der Waals surface area contributed by atoms with Crippen molar-refractivity contribution in [3.8, 4) is 11.4 Å². The minimum absolute atomic E-state index is 0.350. The third-order valence-corrected chi connectivity index (χ3v) is 5.60. The number of fused-ring (bicyclic) bond motifs is 1. The van der Waals surface area contributed by atoms with Gasteiger partial charge in [-0.1, -0.05) is 0 Å². The molecule has 0 amide bonds. The normalized spacial score (nSPS) is 15.1. The van der Waals surface area contributed by atoms with Gasteiger partial charge in [0.15, 0.2) is 0 Å². The number of carbonyl (C=O) groups excluding carboxylic acids is 1. The summed E-state index contributed by atoms with van der Waals surface area (Å²) in [7, 11) is 3.32. The van der Waals surface area contributed by atoms with Gasteiger partial charge in [-0.15, -0.1) is 0 Å². The van der Waals surface area contributed by atoms with Crippen molar-refractivity contribution in [2.45, 2.75) is 26.2 Å². The molecule has 0 bridgehead atoms. The lowest BCUT2D eigenvalue weighted by molar-refractivity contribution is 0.0603. The average Bonchev–Trinajstić information content (AvgIpc) is 3.14. The molecule has 0 aliphatic carbocycles. The van der Waals surface area contributed by atoms with Crippen LogP contribution < -0.4 is 0 Å². The van der Waals surface area contributed by atoms with E-state index in [1.165, 1.54) is 18.2 Å². The highest BCUT2D eigenvalue weighted by atomic mass is 16.5. The molecule has 28 heavy (non-hydrogen) atoms. The number of nitrogens with zero attached hydrogens (tertiary/aromatic N) is 3. The van der Waals surface area contributed by atoms with Crippen molar-refractivity contribution in [2.75, 3.05) is 20.3 Å². The molecule has 0 unspecified atom stereocenters. The number of esters is 1. The molecular formula is C22H25N3O3. The molecule has 1 aliphatic heterocycles. The summed E-state index contributed by atoms with van der Waals surface area (Å²) in [5, 5.41) is 0.838. The number of carbonyl (C=O) groups is 1. The van der Waals surface area contributed by atoms with Gasteiger partial charge in [-0.3, -0.25) is 0 Å². The zero-order valence-electron chi connectivity index (χ0n) is 16.6. The van der Waals surface area contributed by atoms with Gasteiger partial charge in [-0.05, 0) is 61.4 Å². The van der Waals surface area contributed by atoms with Crippen LogP contribution in [-0.4, -0.2) is 40.8 Å². The Kier molecular flexibility index (Phi) is 5.13. The highest BCUT2D eigenvalue weighted by Crippen LogP contribution is 2.30. The van der Waals surface area contributed by atoms with Crippen LogP contribution in [0.3, 0.4) is 0 Å². The molecule has 3 heterocycles. The summed E-state index contributed by atoms with van der Waals surface area (Å²) < 4.78 is 12.4. The van der Waals surface area contributed by atoms with Gasteiger partial charge in [0.2, 0.25) is 0 Å². The largest absolute Gasteiger partial charge is 0.465 e. The van der Waals surface area contributed by atoms with Gasteiger partial charge in [0.05, 0.1) is 42.1 Å². The molecule has 1 aromatic carbocycles. The first kappa shape index (κ1) is 18.6. The summed E-state index contributed by atoms with van der Waals surface area (Å²) >= 11 is 0. The monoisotopic (exact) mass is 379 g/mol. The van der Waals surface area contributed by atoms with Crippen molar-refractivity contribution in [2.24, 2.45) is 13.0 Å². The van der Waals surface area contributed by atoms with Gasteiger partial charge in [0.1, 0.15) is 0 Å². The summed E-state index contributed by atoms with van der Waals surface area (Å²) in [6.45, 7) is 3.78. The second-order valence-electron chi connectivity index (χ2n) is 7.49. The molecule has 3 aromatic rings. The van der Waals surface area contributed by atoms with E-state index in [1.54, 1.807) is 18.6 Å². The Bertz CT molecular complexity index is 1020. The SMILES string of the molecule is COC(=O)c1cc(-c2cncn2C)nc2cc(C)c(CC3CCOCC3)cc12. The summed E-state index contributed by atoms with van der Waals surface area (Å²) in [6, 6.07) is 6.00. The van der Waals surface area contributed by atoms with Crippen molar-refractivity contribution in [1.82, 2.24) is 14.5 Å². The molecule has 1 fully saturated rings. The molecule has 0 radical (unpaired) electrons. The fourth-order valence-electron chi connectivity index (χ4n) is 3.92. The van der Waals surface area contributed by atoms with Crippen LogP contribution in [0.25, 0.3) is 22.3 Å². The number of methoxy groups -OCH3 is 1. The summed E-state index contributed by atoms with van der Waals surface area (Å²) in [6.07, 6.45) is 6.64. The fourth-order valence-corrected chi connectivity index (χ4v) is 3.92. The number of imidazole rings is 1. The number of hydrogen-bond acceptors (Lipinski definition) is 5. The van der Waals surface area contributed by atoms with Crippen LogP contribution in [0, 0.1) is 12.8 Å². The first-order chi connectivity index (χ1) is 13.6. The average molecular weight is 379 g/mol. The molecule has 0 N–H and O–H groups in total. The highest BCUT2D eigenvalue weighted by Gasteiger charge is 2.19. The van der Waals surface area contributed by atoms with Crippen molar-refractivity contribution in [3.05, 3.63) is 47.4 Å². The minimum atomic E-state index is -0.350. The zero-order valence-corrected chi connectivity index (χ0v) is 16.6. The van der Waals surface area contributed by atoms with Crippen molar-refractivity contribution in [1.29, 1.82) is 0 Å². The van der Waals surface area contributed by atoms with Crippen LogP contribution in [0.5, 0.6) is 0 Å². The van der Waals surface area contributed by atoms with E-state index in [0.717, 1.165) is 49.1 Å². The number of aryl methyl sites for hydroxylation is 2. The second-order valence-corrected chi connectivity index (χ2v) is 7.49. The molecule has 0 spiro atoms. The molecule has 146 valence electrons. The predicted molar refractivity (Wildman–Crippen MR) is 107 cm³/mol. The van der Waals surface area contributed by atoms with Crippen molar-refractivity contribution >= 4 is 16.9 Å². The Morgan fingerprint density at radius 1 is 1.29 bits per heavy atom. The molecule has 6 heteroatoms. The summed E-state index contributed by atoms with van der Waals surface area (Å²) in [4.78, 5) is 21.5. The lowest BCUT2D eigenvalue weighted by atomic mass is 9.89. The molecule has 0 saturated carbocycles. The third-order valence-electron chi connectivity index (χ3n) is 5.60. The van der Waals surface area contributed by atoms with Crippen LogP contribution in [0.2, 0.25) is 0 Å². The number of aromatic nitrogens is 3. The predicted octanol–water partition coefficient (Wildman–Crippen LogP) is 3.70. The van der Waals surface area contributed by atoms with Crippen molar-refractivity contribution in [3.63, 3.8) is 0 Å². The third kappa shape index (κ3) is 3.52. The number of pyridine rings is 1. The Balaban J connectivity index is 1.83. The zero-order chi connectivity index (χ0) is 19.7. The fraction of sp³-hybridized carbons (Fsp3) is 0.409. The smallest absolute Gasteiger partial charge is 0.338 e. The van der Waals surface area contributed by atoms with Gasteiger partial charge in [-0.2, -0.15) is 0 Å². The van der Waals surface area contributed by atoms with E-state index in [9.17, 15) is 4.79 Å². The van der Waals surface area contributed by atoms with Crippen LogP contribution in [0.1, 0.15) is 34.3 Å². The van der Waals surface area contributed by atoms with E-state index in [-0.39, 0.29) is 5.97 Å². The van der Waals surface area contributed by atoms with E-state index in [0.29, 0.717) is 17.2 Å². The first-order valence-corrected chi connectivity index (χ1v) is 9.64. The van der Waals surface area contributed by atoms with Crippen LogP contribution in [0.15, 0.2) is 30.7 Å². The molecule has 1 saturated heterocycles. The Morgan fingerprint density at radius 3 is 2.75 bits per heavy atom. The van der Waals surface area contributed by atoms with E-state index >= 15 is 0 Å². The standard InChI is InChI=1S/C22H25N3O3/c1-14-8-19-17(10-16(14)9-15-4-6-28-7-5-15)18(22(26)27-3)11-20(24-19)21-12-23-13-25(21)2/h8,10-13,15H,4-7,9H2,1-3H3. The van der Waals surface area contributed by atoms with Gasteiger partial charge in [-0.25, -0.2) is 14.8 Å². The van der Waals surface area contributed by atoms with Gasteiger partial charge in [0, 0.05) is 25.6 Å². The molecule has 6 nitrogen and oxygen atoms in total. The number of rotatable bonds is 4. The molecule has 4 rings (SSSR count). The summed E-state index contributed by atoms with van der Waals surface area (Å²) in [5.41, 5.74) is 5.37. The van der Waals surface area contributed by atoms with E-state index in [2.05, 4.69) is 24.0 Å². The minimum Gasteiger partial charge on any atom is -0.465 e. The van der Waals surface area contributed by atoms with E-state index in [1.807, 2.05) is 11.6 Å². The van der Waals surface area contributed by atoms with Crippen LogP contribution in [0.4, 0.5) is 0 Å². The quantitative estimate of drug-likeness (QED) is 0.647. The summed E-state index contributed by atoms with van der Waals surface area (Å²) in [5.74, 6) is 0.268. The maximum atomic E-state index is 12.5. The number of benzene rings is 1. The van der Waals surface area contributed by atoms with Gasteiger partial charge in [0.25, 0.3) is 0 Å². The van der Waals surface area contributed by atoms with Crippen LogP contribution in [-0.2, 0) is 22.9 Å². The van der Waals surface area contributed by atoms with E-state index in [4.69, 9.17) is 14.5 Å². The van der Waals surface area contributed by atoms with Crippen LogP contribution >= 0.6 is 0 Å². The lowest BCUT2D eigenvalue weighted by Crippen LogP contribution is -2.18. The maximum Gasteiger partial charge on any atom is 0.338 e. The second kappa shape index (κ2) is 7.72. The first-order valence-electron chi connectivity index (χ1n) is 9.64. The highest BCUT2D eigenvalue weighted by molar-refractivity contribution is 6.04. The Morgan fingerprint density at radius 2 is 2.07 bits per heavy atom. The van der Waals surface area contributed by atoms with Gasteiger partial charge < -0.3 is 14.0 Å². The molecule has 0 atom stereocenters. The maximum absolute atomic E-state index is 12.5. The molecular weight excluding hydrogens is 354 g/mol. The number of hydrogen-bond donors (Lipinski definition) is 0. The molecule has 1 aliphatic rings. The Labute approximate surface area is 164 Å². The topological polar surface area (TPSA) is 66.2 Å².